The van der Waals surface area contributed by atoms with E-state index in [4.69, 9.17) is 10.00 Å². The molecule has 0 radical (unpaired) electrons. The maximum Gasteiger partial charge on any atom is 0.228 e. The molecule has 1 amide bonds. The van der Waals surface area contributed by atoms with Crippen LogP contribution in [-0.4, -0.2) is 12.5 Å². The highest BCUT2D eigenvalue weighted by Crippen LogP contribution is 2.17. The summed E-state index contributed by atoms with van der Waals surface area (Å²) in [5.41, 5.74) is 1.61. The van der Waals surface area contributed by atoms with Crippen LogP contribution in [0.25, 0.3) is 0 Å². The van der Waals surface area contributed by atoms with Gasteiger partial charge in [-0.3, -0.25) is 4.79 Å². The predicted molar refractivity (Wildman–Crippen MR) is 76.3 cm³/mol. The molecule has 0 aliphatic carbocycles. The first-order valence-corrected chi connectivity index (χ1v) is 6.21. The molecule has 20 heavy (non-hydrogen) atoms. The largest absolute Gasteiger partial charge is 0.479 e. The molecule has 0 saturated carbocycles. The van der Waals surface area contributed by atoms with Crippen molar-refractivity contribution in [2.75, 3.05) is 11.9 Å². The number of rotatable bonds is 5. The number of amides is 1. The van der Waals surface area contributed by atoms with Crippen LogP contribution >= 0.6 is 0 Å². The van der Waals surface area contributed by atoms with Gasteiger partial charge in [-0.2, -0.15) is 5.26 Å². The van der Waals surface area contributed by atoms with Gasteiger partial charge in [-0.25, -0.2) is 0 Å². The van der Waals surface area contributed by atoms with Crippen LogP contribution in [0.15, 0.2) is 54.6 Å². The van der Waals surface area contributed by atoms with Crippen molar-refractivity contribution in [2.24, 2.45) is 0 Å². The number of carbonyl (C=O) groups is 1. The SMILES string of the molecule is N#CCOc1cccc(NC(=O)Cc2ccccc2)c1. The number of hydrogen-bond donors (Lipinski definition) is 1. The Morgan fingerprint density at radius 2 is 1.95 bits per heavy atom. The van der Waals surface area contributed by atoms with E-state index in [2.05, 4.69) is 5.32 Å². The Labute approximate surface area is 117 Å². The van der Waals surface area contributed by atoms with Gasteiger partial charge in [0.05, 0.1) is 6.42 Å². The van der Waals surface area contributed by atoms with E-state index in [1.165, 1.54) is 0 Å². The second-order valence-electron chi connectivity index (χ2n) is 4.19. The highest BCUT2D eigenvalue weighted by atomic mass is 16.5. The molecule has 0 bridgehead atoms. The first kappa shape index (κ1) is 13.6. The van der Waals surface area contributed by atoms with E-state index in [9.17, 15) is 4.79 Å². The van der Waals surface area contributed by atoms with Gasteiger partial charge in [0.2, 0.25) is 5.91 Å². The van der Waals surface area contributed by atoms with Crippen LogP contribution in [-0.2, 0) is 11.2 Å². The fourth-order valence-corrected chi connectivity index (χ4v) is 1.77. The van der Waals surface area contributed by atoms with Crippen molar-refractivity contribution in [3.05, 3.63) is 60.2 Å². The molecule has 0 heterocycles. The number of nitrogens with one attached hydrogen (secondary N) is 1. The lowest BCUT2D eigenvalue weighted by Crippen LogP contribution is -2.14. The topological polar surface area (TPSA) is 62.1 Å². The van der Waals surface area contributed by atoms with Crippen LogP contribution in [0, 0.1) is 11.3 Å². The molecule has 1 N–H and O–H groups in total. The summed E-state index contributed by atoms with van der Waals surface area (Å²) >= 11 is 0. The van der Waals surface area contributed by atoms with Crippen molar-refractivity contribution >= 4 is 11.6 Å². The Bertz CT molecular complexity index is 618. The Kier molecular flexibility index (Phi) is 4.74. The van der Waals surface area contributed by atoms with Crippen molar-refractivity contribution in [1.29, 1.82) is 5.26 Å². The molecule has 0 spiro atoms. The van der Waals surface area contributed by atoms with E-state index in [1.807, 2.05) is 36.4 Å². The van der Waals surface area contributed by atoms with Crippen LogP contribution in [0.2, 0.25) is 0 Å². The number of benzene rings is 2. The van der Waals surface area contributed by atoms with Crippen molar-refractivity contribution < 1.29 is 9.53 Å². The summed E-state index contributed by atoms with van der Waals surface area (Å²) in [6.45, 7) is -0.0125. The highest BCUT2D eigenvalue weighted by molar-refractivity contribution is 5.92. The lowest BCUT2D eigenvalue weighted by molar-refractivity contribution is -0.115. The molecule has 100 valence electrons. The summed E-state index contributed by atoms with van der Waals surface area (Å²) in [6, 6.07) is 18.4. The predicted octanol–water partition coefficient (Wildman–Crippen LogP) is 2.77. The summed E-state index contributed by atoms with van der Waals surface area (Å²) in [6.07, 6.45) is 0.324. The Hall–Kier alpha value is -2.80. The molecule has 2 rings (SSSR count). The average molecular weight is 266 g/mol. The molecule has 0 aliphatic heterocycles. The number of anilines is 1. The molecule has 0 aromatic heterocycles. The number of hydrogen-bond acceptors (Lipinski definition) is 3. The lowest BCUT2D eigenvalue weighted by atomic mass is 10.1. The third-order valence-electron chi connectivity index (χ3n) is 2.63. The molecule has 2 aromatic rings. The zero-order valence-electron chi connectivity index (χ0n) is 10.9. The fraction of sp³-hybridized carbons (Fsp3) is 0.125. The van der Waals surface area contributed by atoms with Gasteiger partial charge < -0.3 is 10.1 Å². The zero-order chi connectivity index (χ0) is 14.2. The lowest BCUT2D eigenvalue weighted by Gasteiger charge is -2.07. The molecule has 0 atom stereocenters. The van der Waals surface area contributed by atoms with Gasteiger partial charge in [-0.15, -0.1) is 0 Å². The normalized spacial score (nSPS) is 9.55. The minimum Gasteiger partial charge on any atom is -0.479 e. The number of carbonyl (C=O) groups excluding carboxylic acids is 1. The maximum atomic E-state index is 11.9. The monoisotopic (exact) mass is 266 g/mol. The molecule has 0 aliphatic rings. The second kappa shape index (κ2) is 6.95. The minimum absolute atomic E-state index is 0.0125. The van der Waals surface area contributed by atoms with Gasteiger partial charge >= 0.3 is 0 Å². The van der Waals surface area contributed by atoms with Crippen LogP contribution in [0.1, 0.15) is 5.56 Å². The quantitative estimate of drug-likeness (QED) is 0.905. The standard InChI is InChI=1S/C16H14N2O2/c17-9-10-20-15-8-4-7-14(12-15)18-16(19)11-13-5-2-1-3-6-13/h1-8,12H,10-11H2,(H,18,19). The molecule has 4 heteroatoms. The smallest absolute Gasteiger partial charge is 0.228 e. The summed E-state index contributed by atoms with van der Waals surface area (Å²) in [4.78, 5) is 11.9. The van der Waals surface area contributed by atoms with Gasteiger partial charge in [0.1, 0.15) is 11.8 Å². The van der Waals surface area contributed by atoms with Crippen LogP contribution < -0.4 is 10.1 Å². The second-order valence-corrected chi connectivity index (χ2v) is 4.19. The Morgan fingerprint density at radius 1 is 1.15 bits per heavy atom. The first-order chi connectivity index (χ1) is 9.78. The van der Waals surface area contributed by atoms with Gasteiger partial charge in [-0.1, -0.05) is 36.4 Å². The minimum atomic E-state index is -0.0892. The third-order valence-corrected chi connectivity index (χ3v) is 2.63. The van der Waals surface area contributed by atoms with Crippen LogP contribution in [0.3, 0.4) is 0 Å². The molecule has 4 nitrogen and oxygen atoms in total. The Morgan fingerprint density at radius 3 is 2.70 bits per heavy atom. The van der Waals surface area contributed by atoms with Crippen LogP contribution in [0.5, 0.6) is 5.75 Å². The molecule has 0 fully saturated rings. The van der Waals surface area contributed by atoms with Crippen molar-refractivity contribution in [3.8, 4) is 11.8 Å². The summed E-state index contributed by atoms with van der Waals surface area (Å²) in [5, 5.41) is 11.3. The number of ether oxygens (including phenoxy) is 1. The summed E-state index contributed by atoms with van der Waals surface area (Å²) in [5.74, 6) is 0.470. The first-order valence-electron chi connectivity index (χ1n) is 6.21. The van der Waals surface area contributed by atoms with E-state index >= 15 is 0 Å². The van der Waals surface area contributed by atoms with E-state index in [0.717, 1.165) is 5.56 Å². The number of nitrogens with zero attached hydrogens (tertiary/aromatic N) is 1. The fourth-order valence-electron chi connectivity index (χ4n) is 1.77. The van der Waals surface area contributed by atoms with E-state index in [-0.39, 0.29) is 12.5 Å². The summed E-state index contributed by atoms with van der Waals surface area (Å²) < 4.78 is 5.18. The van der Waals surface area contributed by atoms with E-state index in [0.29, 0.717) is 17.9 Å². The highest BCUT2D eigenvalue weighted by Gasteiger charge is 2.04. The van der Waals surface area contributed by atoms with E-state index in [1.54, 1.807) is 24.3 Å². The molecule has 0 unspecified atom stereocenters. The van der Waals surface area contributed by atoms with Crippen LogP contribution in [0.4, 0.5) is 5.69 Å². The van der Waals surface area contributed by atoms with Gasteiger partial charge in [0.25, 0.3) is 0 Å². The summed E-state index contributed by atoms with van der Waals surface area (Å²) in [7, 11) is 0. The third kappa shape index (κ3) is 4.14. The molecular weight excluding hydrogens is 252 g/mol. The molecular formula is C16H14N2O2. The maximum absolute atomic E-state index is 11.9. The molecule has 2 aromatic carbocycles. The van der Waals surface area contributed by atoms with Crippen molar-refractivity contribution in [3.63, 3.8) is 0 Å². The molecule has 0 saturated heterocycles. The zero-order valence-corrected chi connectivity index (χ0v) is 10.9. The van der Waals surface area contributed by atoms with Gasteiger partial charge in [0, 0.05) is 11.8 Å². The van der Waals surface area contributed by atoms with Gasteiger partial charge in [-0.05, 0) is 17.7 Å². The van der Waals surface area contributed by atoms with E-state index < -0.39 is 0 Å². The van der Waals surface area contributed by atoms with Gasteiger partial charge in [0.15, 0.2) is 6.61 Å². The Balaban J connectivity index is 1.96. The van der Waals surface area contributed by atoms with Crippen molar-refractivity contribution in [2.45, 2.75) is 6.42 Å². The van der Waals surface area contributed by atoms with Crippen molar-refractivity contribution in [1.82, 2.24) is 0 Å². The average Bonchev–Trinajstić information content (AvgIpc) is 2.46. The number of nitriles is 1.